The van der Waals surface area contributed by atoms with Gasteiger partial charge in [-0.25, -0.2) is 0 Å². The highest BCUT2D eigenvalue weighted by atomic mass is 16.5. The van der Waals surface area contributed by atoms with Gasteiger partial charge in [-0.15, -0.1) is 0 Å². The molecule has 0 N–H and O–H groups in total. The third-order valence-electron chi connectivity index (χ3n) is 4.09. The minimum absolute atomic E-state index is 0.127. The fourth-order valence-electron chi connectivity index (χ4n) is 2.92. The maximum Gasteiger partial charge on any atom is 0.162 e. The molecule has 1 atom stereocenters. The summed E-state index contributed by atoms with van der Waals surface area (Å²) in [6.45, 7) is 1.88. The average molecular weight is 280 g/mol. The van der Waals surface area contributed by atoms with Crippen molar-refractivity contribution in [3.8, 4) is 5.75 Å². The van der Waals surface area contributed by atoms with Crippen molar-refractivity contribution in [1.82, 2.24) is 0 Å². The monoisotopic (exact) mass is 280 g/mol. The van der Waals surface area contributed by atoms with E-state index < -0.39 is 0 Å². The molecule has 2 aromatic rings. The first kappa shape index (κ1) is 13.9. The van der Waals surface area contributed by atoms with Crippen LogP contribution < -0.4 is 4.74 Å². The van der Waals surface area contributed by atoms with Crippen LogP contribution in [0.25, 0.3) is 0 Å². The van der Waals surface area contributed by atoms with Gasteiger partial charge in [0.25, 0.3) is 0 Å². The second kappa shape index (κ2) is 6.13. The van der Waals surface area contributed by atoms with E-state index in [0.29, 0.717) is 6.42 Å². The van der Waals surface area contributed by atoms with Gasteiger partial charge in [-0.05, 0) is 54.7 Å². The van der Waals surface area contributed by atoms with Crippen LogP contribution in [0, 0.1) is 0 Å². The number of fused-ring (bicyclic) bond motifs is 1. The molecule has 0 radical (unpaired) electrons. The van der Waals surface area contributed by atoms with Crippen LogP contribution in [-0.4, -0.2) is 5.78 Å². The van der Waals surface area contributed by atoms with Gasteiger partial charge in [0.15, 0.2) is 5.78 Å². The molecule has 0 amide bonds. The Hall–Kier alpha value is -2.09. The van der Waals surface area contributed by atoms with Crippen LogP contribution in [0.5, 0.6) is 5.75 Å². The van der Waals surface area contributed by atoms with E-state index in [-0.39, 0.29) is 11.9 Å². The predicted octanol–water partition coefficient (Wildman–Crippen LogP) is 4.74. The summed E-state index contributed by atoms with van der Waals surface area (Å²) in [6, 6.07) is 16.0. The Kier molecular flexibility index (Phi) is 4.05. The highest BCUT2D eigenvalue weighted by molar-refractivity contribution is 5.95. The lowest BCUT2D eigenvalue weighted by Crippen LogP contribution is -2.15. The van der Waals surface area contributed by atoms with Gasteiger partial charge < -0.3 is 4.74 Å². The van der Waals surface area contributed by atoms with E-state index in [2.05, 4.69) is 24.3 Å². The zero-order chi connectivity index (χ0) is 14.7. The Morgan fingerprint density at radius 1 is 1.14 bits per heavy atom. The second-order valence-electron chi connectivity index (χ2n) is 5.50. The van der Waals surface area contributed by atoms with Gasteiger partial charge in [-0.2, -0.15) is 0 Å². The molecule has 0 aromatic heterocycles. The second-order valence-corrected chi connectivity index (χ2v) is 5.50. The largest absolute Gasteiger partial charge is 0.486 e. The summed E-state index contributed by atoms with van der Waals surface area (Å²) in [5, 5.41) is 0. The molecule has 108 valence electrons. The van der Waals surface area contributed by atoms with E-state index in [1.807, 2.05) is 31.2 Å². The van der Waals surface area contributed by atoms with Gasteiger partial charge in [0.2, 0.25) is 0 Å². The van der Waals surface area contributed by atoms with Crippen LogP contribution in [0.15, 0.2) is 48.5 Å². The fraction of sp³-hybridized carbons (Fsp3) is 0.316. The van der Waals surface area contributed by atoms with E-state index in [9.17, 15) is 4.79 Å². The lowest BCUT2D eigenvalue weighted by Gasteiger charge is -2.26. The van der Waals surface area contributed by atoms with Crippen LogP contribution in [0.3, 0.4) is 0 Å². The number of hydrogen-bond acceptors (Lipinski definition) is 2. The molecule has 21 heavy (non-hydrogen) atoms. The molecule has 0 saturated carbocycles. The summed E-state index contributed by atoms with van der Waals surface area (Å²) in [7, 11) is 0. The molecule has 1 unspecified atom stereocenters. The lowest BCUT2D eigenvalue weighted by atomic mass is 9.89. The quantitative estimate of drug-likeness (QED) is 0.756. The van der Waals surface area contributed by atoms with Crippen molar-refractivity contribution < 1.29 is 9.53 Å². The minimum atomic E-state index is 0.127. The van der Waals surface area contributed by atoms with E-state index in [1.54, 1.807) is 0 Å². The molecule has 2 nitrogen and oxygen atoms in total. The summed E-state index contributed by atoms with van der Waals surface area (Å²) in [4.78, 5) is 11.6. The Balaban J connectivity index is 1.77. The SMILES string of the molecule is CCC(=O)c1ccc(OC2CCCc3ccccc32)cc1. The number of Topliss-reactive ketones (excluding diaryl/α,β-unsaturated/α-hetero) is 1. The summed E-state index contributed by atoms with van der Waals surface area (Å²) in [5.41, 5.74) is 3.46. The molecule has 0 spiro atoms. The van der Waals surface area contributed by atoms with Crippen molar-refractivity contribution in [2.75, 3.05) is 0 Å². The van der Waals surface area contributed by atoms with Crippen LogP contribution in [-0.2, 0) is 6.42 Å². The Morgan fingerprint density at radius 2 is 1.90 bits per heavy atom. The highest BCUT2D eigenvalue weighted by Crippen LogP contribution is 2.33. The minimum Gasteiger partial charge on any atom is -0.486 e. The third-order valence-corrected chi connectivity index (χ3v) is 4.09. The van der Waals surface area contributed by atoms with E-state index in [4.69, 9.17) is 4.74 Å². The number of carbonyl (C=O) groups is 1. The molecule has 0 heterocycles. The van der Waals surface area contributed by atoms with Gasteiger partial charge in [0.05, 0.1) is 0 Å². The van der Waals surface area contributed by atoms with Crippen LogP contribution in [0.2, 0.25) is 0 Å². The summed E-state index contributed by atoms with van der Waals surface area (Å²) >= 11 is 0. The number of aryl methyl sites for hydroxylation is 1. The molecular weight excluding hydrogens is 260 g/mol. The van der Waals surface area contributed by atoms with Gasteiger partial charge >= 0.3 is 0 Å². The smallest absolute Gasteiger partial charge is 0.162 e. The molecule has 1 aliphatic carbocycles. The number of rotatable bonds is 4. The summed E-state index contributed by atoms with van der Waals surface area (Å²) in [6.07, 6.45) is 4.01. The Morgan fingerprint density at radius 3 is 2.67 bits per heavy atom. The van der Waals surface area contributed by atoms with Gasteiger partial charge in [0.1, 0.15) is 11.9 Å². The molecule has 0 bridgehead atoms. The van der Waals surface area contributed by atoms with Crippen molar-refractivity contribution >= 4 is 5.78 Å². The van der Waals surface area contributed by atoms with Crippen molar-refractivity contribution in [2.24, 2.45) is 0 Å². The Bertz CT molecular complexity index is 628. The first-order valence-corrected chi connectivity index (χ1v) is 7.65. The van der Waals surface area contributed by atoms with Crippen molar-refractivity contribution in [3.63, 3.8) is 0 Å². The first-order chi connectivity index (χ1) is 10.3. The van der Waals surface area contributed by atoms with Gasteiger partial charge in [-0.3, -0.25) is 4.79 Å². The fourth-order valence-corrected chi connectivity index (χ4v) is 2.92. The van der Waals surface area contributed by atoms with Crippen molar-refractivity contribution in [2.45, 2.75) is 38.7 Å². The third kappa shape index (κ3) is 2.99. The zero-order valence-corrected chi connectivity index (χ0v) is 12.3. The molecule has 1 aliphatic rings. The maximum absolute atomic E-state index is 11.6. The molecule has 0 aliphatic heterocycles. The molecule has 2 aromatic carbocycles. The first-order valence-electron chi connectivity index (χ1n) is 7.65. The normalized spacial score (nSPS) is 17.1. The Labute approximate surface area is 125 Å². The zero-order valence-electron chi connectivity index (χ0n) is 12.3. The number of benzene rings is 2. The van der Waals surface area contributed by atoms with Crippen LogP contribution in [0.1, 0.15) is 53.8 Å². The molecular formula is C19H20O2. The average Bonchev–Trinajstić information content (AvgIpc) is 2.55. The standard InChI is InChI=1S/C19H20O2/c1-2-18(20)15-10-12-16(13-11-15)21-19-9-5-7-14-6-3-4-8-17(14)19/h3-4,6,8,10-13,19H,2,5,7,9H2,1H3. The summed E-state index contributed by atoms with van der Waals surface area (Å²) in [5.74, 6) is 1.01. The topological polar surface area (TPSA) is 26.3 Å². The van der Waals surface area contributed by atoms with Gasteiger partial charge in [-0.1, -0.05) is 31.2 Å². The number of ether oxygens (including phenoxy) is 1. The van der Waals surface area contributed by atoms with Crippen molar-refractivity contribution in [3.05, 3.63) is 65.2 Å². The maximum atomic E-state index is 11.6. The van der Waals surface area contributed by atoms with E-state index in [1.165, 1.54) is 11.1 Å². The number of hydrogen-bond donors (Lipinski definition) is 0. The molecule has 2 heteroatoms. The van der Waals surface area contributed by atoms with Crippen LogP contribution in [0.4, 0.5) is 0 Å². The summed E-state index contributed by atoms with van der Waals surface area (Å²) < 4.78 is 6.14. The molecule has 3 rings (SSSR count). The number of ketones is 1. The van der Waals surface area contributed by atoms with E-state index >= 15 is 0 Å². The molecule has 0 saturated heterocycles. The van der Waals surface area contributed by atoms with Crippen molar-refractivity contribution in [1.29, 1.82) is 0 Å². The highest BCUT2D eigenvalue weighted by Gasteiger charge is 2.21. The lowest BCUT2D eigenvalue weighted by molar-refractivity contribution is 0.0988. The predicted molar refractivity (Wildman–Crippen MR) is 83.8 cm³/mol. The molecule has 0 fully saturated rings. The van der Waals surface area contributed by atoms with E-state index in [0.717, 1.165) is 30.6 Å². The van der Waals surface area contributed by atoms with Crippen LogP contribution >= 0.6 is 0 Å². The van der Waals surface area contributed by atoms with Gasteiger partial charge in [0, 0.05) is 12.0 Å². The number of carbonyl (C=O) groups excluding carboxylic acids is 1.